The van der Waals surface area contributed by atoms with E-state index in [0.717, 1.165) is 12.1 Å². The van der Waals surface area contributed by atoms with Crippen LogP contribution in [0.15, 0.2) is 48.5 Å². The van der Waals surface area contributed by atoms with Gasteiger partial charge in [-0.15, -0.1) is 0 Å². The summed E-state index contributed by atoms with van der Waals surface area (Å²) in [6.45, 7) is -0.539. The van der Waals surface area contributed by atoms with E-state index >= 15 is 0 Å². The van der Waals surface area contributed by atoms with Gasteiger partial charge in [0.2, 0.25) is 0 Å². The van der Waals surface area contributed by atoms with Gasteiger partial charge in [0.05, 0.1) is 5.56 Å². The minimum absolute atomic E-state index is 0.0362. The summed E-state index contributed by atoms with van der Waals surface area (Å²) >= 11 is 0. The number of ketones is 1. The number of nitrogens with one attached hydrogen (secondary N) is 1. The van der Waals surface area contributed by atoms with Gasteiger partial charge >= 0.3 is 12.1 Å². The predicted octanol–water partition coefficient (Wildman–Crippen LogP) is 4.00. The second kappa shape index (κ2) is 8.98. The molecule has 1 aliphatic carbocycles. The molecule has 0 radical (unpaired) electrons. The molecule has 0 heterocycles. The van der Waals surface area contributed by atoms with Gasteiger partial charge in [0.1, 0.15) is 11.3 Å². The highest BCUT2D eigenvalue weighted by Gasteiger charge is 2.31. The smallest absolute Gasteiger partial charge is 0.416 e. The molecular formula is C21H18F3NO5. The van der Waals surface area contributed by atoms with Crippen molar-refractivity contribution in [1.29, 1.82) is 0 Å². The number of hydrogen-bond donors (Lipinski definition) is 1. The van der Waals surface area contributed by atoms with E-state index in [0.29, 0.717) is 19.3 Å². The molecule has 158 valence electrons. The lowest BCUT2D eigenvalue weighted by Crippen LogP contribution is -2.24. The predicted molar refractivity (Wildman–Crippen MR) is 100 cm³/mol. The van der Waals surface area contributed by atoms with Crippen LogP contribution in [0.1, 0.15) is 35.2 Å². The third-order valence-corrected chi connectivity index (χ3v) is 4.44. The molecule has 0 spiro atoms. The Labute approximate surface area is 170 Å². The van der Waals surface area contributed by atoms with E-state index in [1.54, 1.807) is 12.1 Å². The summed E-state index contributed by atoms with van der Waals surface area (Å²) in [6.07, 6.45) is -3.82. The zero-order valence-corrected chi connectivity index (χ0v) is 15.7. The van der Waals surface area contributed by atoms with Crippen molar-refractivity contribution in [2.75, 3.05) is 11.9 Å². The monoisotopic (exact) mass is 421 g/mol. The van der Waals surface area contributed by atoms with Gasteiger partial charge in [-0.05, 0) is 43.2 Å². The Balaban J connectivity index is 1.61. The van der Waals surface area contributed by atoms with Crippen molar-refractivity contribution in [1.82, 2.24) is 0 Å². The van der Waals surface area contributed by atoms with Gasteiger partial charge in [0, 0.05) is 12.1 Å². The first-order valence-electron chi connectivity index (χ1n) is 9.16. The van der Waals surface area contributed by atoms with Gasteiger partial charge in [-0.2, -0.15) is 13.2 Å². The summed E-state index contributed by atoms with van der Waals surface area (Å²) < 4.78 is 48.9. The Morgan fingerprint density at radius 2 is 1.87 bits per heavy atom. The number of hydrogen-bond acceptors (Lipinski definition) is 5. The summed E-state index contributed by atoms with van der Waals surface area (Å²) in [7, 11) is 0. The Morgan fingerprint density at radius 3 is 2.57 bits per heavy atom. The maximum Gasteiger partial charge on any atom is 0.416 e. The van der Waals surface area contributed by atoms with Crippen LogP contribution in [-0.4, -0.2) is 30.4 Å². The van der Waals surface area contributed by atoms with Gasteiger partial charge in [-0.3, -0.25) is 9.59 Å². The van der Waals surface area contributed by atoms with Crippen molar-refractivity contribution in [3.8, 4) is 5.75 Å². The first-order valence-corrected chi connectivity index (χ1v) is 9.16. The lowest BCUT2D eigenvalue weighted by atomic mass is 10.2. The van der Waals surface area contributed by atoms with Crippen molar-refractivity contribution in [2.45, 2.75) is 31.5 Å². The average Bonchev–Trinajstić information content (AvgIpc) is 3.10. The van der Waals surface area contributed by atoms with E-state index in [4.69, 9.17) is 9.47 Å². The van der Waals surface area contributed by atoms with Crippen LogP contribution in [0.5, 0.6) is 5.75 Å². The van der Waals surface area contributed by atoms with Crippen LogP contribution in [0, 0.1) is 0 Å². The Hall–Kier alpha value is -3.36. The van der Waals surface area contributed by atoms with E-state index in [2.05, 4.69) is 5.32 Å². The Bertz CT molecular complexity index is 958. The first kappa shape index (κ1) is 21.4. The number of rotatable bonds is 6. The highest BCUT2D eigenvalue weighted by molar-refractivity contribution is 5.96. The van der Waals surface area contributed by atoms with Crippen LogP contribution in [0.4, 0.5) is 18.9 Å². The van der Waals surface area contributed by atoms with Crippen LogP contribution < -0.4 is 10.1 Å². The molecule has 1 aliphatic rings. The molecular weight excluding hydrogens is 403 g/mol. The molecule has 1 N–H and O–H groups in total. The molecule has 0 aliphatic heterocycles. The molecule has 1 atom stereocenters. The minimum atomic E-state index is -4.53. The van der Waals surface area contributed by atoms with Gasteiger partial charge < -0.3 is 14.8 Å². The van der Waals surface area contributed by atoms with Gasteiger partial charge in [0.25, 0.3) is 5.91 Å². The van der Waals surface area contributed by atoms with E-state index in [1.807, 2.05) is 0 Å². The molecule has 2 aromatic carbocycles. The quantitative estimate of drug-likeness (QED) is 0.713. The zero-order valence-electron chi connectivity index (χ0n) is 15.7. The standard InChI is InChI=1S/C21H18F3NO5/c22-21(23,24)13-5-3-6-14(11-13)25-19(27)12-29-17-9-2-1-7-15(17)20(28)30-18-10-4-8-16(18)26/h1-3,5-7,9,11,18H,4,8,10,12H2,(H,25,27)/t18-/m0/s1. The summed E-state index contributed by atoms with van der Waals surface area (Å²) in [4.78, 5) is 36.1. The number of carbonyl (C=O) groups is 3. The number of anilines is 1. The molecule has 0 saturated heterocycles. The molecule has 30 heavy (non-hydrogen) atoms. The van der Waals surface area contributed by atoms with Crippen molar-refractivity contribution < 1.29 is 37.0 Å². The van der Waals surface area contributed by atoms with Crippen LogP contribution in [0.3, 0.4) is 0 Å². The lowest BCUT2D eigenvalue weighted by Gasteiger charge is -2.14. The third-order valence-electron chi connectivity index (χ3n) is 4.44. The highest BCUT2D eigenvalue weighted by Crippen LogP contribution is 2.30. The summed E-state index contributed by atoms with van der Waals surface area (Å²) in [6, 6.07) is 10.2. The molecule has 9 heteroatoms. The second-order valence-corrected chi connectivity index (χ2v) is 6.66. The van der Waals surface area contributed by atoms with Gasteiger partial charge in [-0.25, -0.2) is 4.79 Å². The molecule has 1 amide bonds. The minimum Gasteiger partial charge on any atom is -0.483 e. The Kier molecular flexibility index (Phi) is 6.39. The number of halogens is 3. The summed E-state index contributed by atoms with van der Waals surface area (Å²) in [5, 5.41) is 2.31. The molecule has 1 saturated carbocycles. The van der Waals surface area contributed by atoms with Crippen LogP contribution >= 0.6 is 0 Å². The summed E-state index contributed by atoms with van der Waals surface area (Å²) in [5.41, 5.74) is -0.884. The largest absolute Gasteiger partial charge is 0.483 e. The second-order valence-electron chi connectivity index (χ2n) is 6.66. The first-order chi connectivity index (χ1) is 14.2. The van der Waals surface area contributed by atoms with Crippen LogP contribution in [-0.2, 0) is 20.5 Å². The molecule has 2 aromatic rings. The fourth-order valence-corrected chi connectivity index (χ4v) is 2.98. The van der Waals surface area contributed by atoms with E-state index in [1.165, 1.54) is 24.3 Å². The van der Waals surface area contributed by atoms with Crippen molar-refractivity contribution in [3.63, 3.8) is 0 Å². The van der Waals surface area contributed by atoms with Crippen LogP contribution in [0.25, 0.3) is 0 Å². The van der Waals surface area contributed by atoms with Crippen molar-refractivity contribution in [2.24, 2.45) is 0 Å². The van der Waals surface area contributed by atoms with Crippen molar-refractivity contribution in [3.05, 3.63) is 59.7 Å². The maximum absolute atomic E-state index is 12.8. The van der Waals surface area contributed by atoms with E-state index < -0.39 is 36.3 Å². The number of Topliss-reactive ketones (excluding diaryl/α,β-unsaturated/α-hetero) is 1. The number of para-hydroxylation sites is 1. The third kappa shape index (κ3) is 5.37. The topological polar surface area (TPSA) is 81.7 Å². The molecule has 0 unspecified atom stereocenters. The number of benzene rings is 2. The number of amides is 1. The van der Waals surface area contributed by atoms with Gasteiger partial charge in [0.15, 0.2) is 18.5 Å². The SMILES string of the molecule is O=C(COc1ccccc1C(=O)O[C@H]1CCCC1=O)Nc1cccc(C(F)(F)F)c1. The summed E-state index contributed by atoms with van der Waals surface area (Å²) in [5.74, 6) is -1.53. The Morgan fingerprint density at radius 1 is 1.10 bits per heavy atom. The maximum atomic E-state index is 12.8. The van der Waals surface area contributed by atoms with E-state index in [-0.39, 0.29) is 22.8 Å². The number of esters is 1. The molecule has 0 aromatic heterocycles. The number of ether oxygens (including phenoxy) is 2. The molecule has 6 nitrogen and oxygen atoms in total. The highest BCUT2D eigenvalue weighted by atomic mass is 19.4. The molecule has 0 bridgehead atoms. The van der Waals surface area contributed by atoms with Crippen LogP contribution in [0.2, 0.25) is 0 Å². The normalized spacial score (nSPS) is 16.2. The fourth-order valence-electron chi connectivity index (χ4n) is 2.98. The lowest BCUT2D eigenvalue weighted by molar-refractivity contribution is -0.137. The number of alkyl halides is 3. The van der Waals surface area contributed by atoms with E-state index in [9.17, 15) is 27.6 Å². The fraction of sp³-hybridized carbons (Fsp3) is 0.286. The average molecular weight is 421 g/mol. The number of carbonyl (C=O) groups excluding carboxylic acids is 3. The molecule has 1 fully saturated rings. The van der Waals surface area contributed by atoms with Gasteiger partial charge in [-0.1, -0.05) is 18.2 Å². The molecule has 3 rings (SSSR count). The van der Waals surface area contributed by atoms with Crippen molar-refractivity contribution >= 4 is 23.3 Å². The zero-order chi connectivity index (χ0) is 21.7.